The van der Waals surface area contributed by atoms with E-state index >= 15 is 0 Å². The average Bonchev–Trinajstić information content (AvgIpc) is 3.53. The zero-order valence-electron chi connectivity index (χ0n) is 32.8. The van der Waals surface area contributed by atoms with Crippen LogP contribution in [0.3, 0.4) is 0 Å². The highest BCUT2D eigenvalue weighted by atomic mass is 32.1. The Kier molecular flexibility index (Phi) is 14.2. The second kappa shape index (κ2) is 19.0. The van der Waals surface area contributed by atoms with Crippen molar-refractivity contribution in [3.05, 3.63) is 117 Å². The highest BCUT2D eigenvalue weighted by molar-refractivity contribution is 7.17. The molecule has 0 aliphatic heterocycles. The van der Waals surface area contributed by atoms with E-state index in [1.807, 2.05) is 54.3 Å². The Morgan fingerprint density at radius 2 is 1.45 bits per heavy atom. The highest BCUT2D eigenvalue weighted by Crippen LogP contribution is 2.39. The zero-order chi connectivity index (χ0) is 40.4. The van der Waals surface area contributed by atoms with E-state index < -0.39 is 17.4 Å². The van der Waals surface area contributed by atoms with Crippen molar-refractivity contribution in [1.82, 2.24) is 4.90 Å². The van der Waals surface area contributed by atoms with Gasteiger partial charge in [-0.15, -0.1) is 11.3 Å². The fourth-order valence-corrected chi connectivity index (χ4v) is 8.73. The molecule has 4 N–H and O–H groups in total. The molecule has 0 spiro atoms. The molecule has 1 atom stereocenters. The smallest absolute Gasteiger partial charge is 0.335 e. The summed E-state index contributed by atoms with van der Waals surface area (Å²) in [6, 6.07) is 21.7. The molecule has 10 nitrogen and oxygen atoms in total. The van der Waals surface area contributed by atoms with Crippen LogP contribution in [-0.4, -0.2) is 50.8 Å². The fraction of sp³-hybridized carbons (Fsp3) is 0.400. The van der Waals surface area contributed by atoms with Crippen molar-refractivity contribution in [2.75, 3.05) is 10.6 Å². The van der Waals surface area contributed by atoms with Crippen LogP contribution >= 0.6 is 11.3 Å². The molecule has 56 heavy (non-hydrogen) atoms. The minimum atomic E-state index is -0.948. The number of carboxylic acids is 2. The quantitative estimate of drug-likeness (QED) is 0.0785. The van der Waals surface area contributed by atoms with E-state index in [0.717, 1.165) is 84.9 Å². The van der Waals surface area contributed by atoms with Crippen LogP contribution in [0, 0.1) is 5.41 Å². The molecule has 5 rings (SSSR count). The number of rotatable bonds is 18. The van der Waals surface area contributed by atoms with Crippen LogP contribution in [-0.2, 0) is 41.8 Å². The third kappa shape index (κ3) is 11.2. The fourth-order valence-electron chi connectivity index (χ4n) is 7.45. The van der Waals surface area contributed by atoms with Gasteiger partial charge in [-0.05, 0) is 115 Å². The van der Waals surface area contributed by atoms with Gasteiger partial charge in [-0.25, -0.2) is 4.79 Å². The summed E-state index contributed by atoms with van der Waals surface area (Å²) in [5.74, 6) is -2.61. The predicted molar refractivity (Wildman–Crippen MR) is 221 cm³/mol. The molecule has 11 heteroatoms. The molecule has 1 aliphatic rings. The molecular weight excluding hydrogens is 727 g/mol. The van der Waals surface area contributed by atoms with Crippen LogP contribution < -0.4 is 10.6 Å². The van der Waals surface area contributed by atoms with E-state index in [1.165, 1.54) is 11.3 Å². The number of carbonyl (C=O) groups is 5. The van der Waals surface area contributed by atoms with E-state index in [4.69, 9.17) is 5.11 Å². The molecule has 1 heterocycles. The number of carbonyl (C=O) groups excluding carboxylic acids is 3. The highest BCUT2D eigenvalue weighted by Gasteiger charge is 2.31. The van der Waals surface area contributed by atoms with Crippen molar-refractivity contribution in [3.8, 4) is 0 Å². The van der Waals surface area contributed by atoms with Crippen LogP contribution in [0.1, 0.15) is 131 Å². The standard InChI is InChI=1S/C45H53N3O7S/c1-5-10-35(6-2)48(38(49)26-45(3,4)27-39(50)51)28-31-11-9-12-33(25-31)41(52)47-43-40(36-13-7-8-14-37(36)56-43)42(53)46-34-23-19-30(20-24-34)16-15-29-17-21-32(22-18-29)44(54)55/h9,11-12,17-25,35H,5-8,10,13-16,26-28H2,1-4H3,(H,46,53)(H,47,52)(H,50,51)(H,54,55). The third-order valence-corrected chi connectivity index (χ3v) is 11.6. The Labute approximate surface area is 333 Å². The number of carboxylic acid groups (broad SMARTS) is 2. The number of thiophene rings is 1. The number of nitrogens with zero attached hydrogens (tertiary/aromatic N) is 1. The van der Waals surface area contributed by atoms with Gasteiger partial charge in [0.05, 0.1) is 17.5 Å². The first kappa shape index (κ1) is 41.9. The molecule has 1 aliphatic carbocycles. The number of fused-ring (bicyclic) bond motifs is 1. The summed E-state index contributed by atoms with van der Waals surface area (Å²) in [5, 5.41) is 25.2. The summed E-state index contributed by atoms with van der Waals surface area (Å²) in [7, 11) is 0. The summed E-state index contributed by atoms with van der Waals surface area (Å²) in [6.07, 6.45) is 7.55. The van der Waals surface area contributed by atoms with Gasteiger partial charge in [-0.1, -0.05) is 70.5 Å². The lowest BCUT2D eigenvalue weighted by Gasteiger charge is -2.34. The van der Waals surface area contributed by atoms with Gasteiger partial charge in [0.2, 0.25) is 5.91 Å². The minimum absolute atomic E-state index is 0.0229. The SMILES string of the molecule is CCCC(CC)N(Cc1cccc(C(=O)Nc2sc3c(c2C(=O)Nc2ccc(CCc4ccc(C(=O)O)cc4)cc2)CCCC3)c1)C(=O)CC(C)(C)CC(=O)O. The van der Waals surface area contributed by atoms with Crippen molar-refractivity contribution in [2.24, 2.45) is 5.41 Å². The van der Waals surface area contributed by atoms with Crippen LogP contribution in [0.15, 0.2) is 72.8 Å². The molecule has 0 fully saturated rings. The summed E-state index contributed by atoms with van der Waals surface area (Å²) in [4.78, 5) is 67.1. The van der Waals surface area contributed by atoms with E-state index in [-0.39, 0.29) is 42.2 Å². The predicted octanol–water partition coefficient (Wildman–Crippen LogP) is 9.41. The molecule has 3 amide bonds. The zero-order valence-corrected chi connectivity index (χ0v) is 33.6. The lowest BCUT2D eigenvalue weighted by molar-refractivity contribution is -0.141. The first-order valence-corrected chi connectivity index (χ1v) is 20.4. The van der Waals surface area contributed by atoms with Crippen LogP contribution in [0.2, 0.25) is 0 Å². The molecule has 0 radical (unpaired) electrons. The van der Waals surface area contributed by atoms with Crippen LogP contribution in [0.25, 0.3) is 0 Å². The second-order valence-electron chi connectivity index (χ2n) is 15.5. The Bertz CT molecular complexity index is 2040. The molecule has 3 aromatic carbocycles. The largest absolute Gasteiger partial charge is 0.481 e. The topological polar surface area (TPSA) is 153 Å². The minimum Gasteiger partial charge on any atom is -0.481 e. The average molecular weight is 780 g/mol. The molecule has 1 aromatic heterocycles. The number of nitrogens with one attached hydrogen (secondary N) is 2. The van der Waals surface area contributed by atoms with Crippen molar-refractivity contribution in [3.63, 3.8) is 0 Å². The number of aromatic carboxylic acids is 1. The maximum atomic E-state index is 13.9. The summed E-state index contributed by atoms with van der Waals surface area (Å²) in [5.41, 5.74) is 5.00. The maximum Gasteiger partial charge on any atom is 0.335 e. The monoisotopic (exact) mass is 779 g/mol. The number of hydrogen-bond acceptors (Lipinski definition) is 6. The van der Waals surface area contributed by atoms with E-state index in [0.29, 0.717) is 28.4 Å². The summed E-state index contributed by atoms with van der Waals surface area (Å²) >= 11 is 1.45. The van der Waals surface area contributed by atoms with Crippen molar-refractivity contribution in [2.45, 2.75) is 111 Å². The van der Waals surface area contributed by atoms with E-state index in [9.17, 15) is 29.1 Å². The van der Waals surface area contributed by atoms with Crippen molar-refractivity contribution >= 4 is 51.7 Å². The van der Waals surface area contributed by atoms with Gasteiger partial charge in [-0.3, -0.25) is 19.2 Å². The second-order valence-corrected chi connectivity index (χ2v) is 16.6. The number of aryl methyl sites for hydroxylation is 3. The van der Waals surface area contributed by atoms with Crippen molar-refractivity contribution < 1.29 is 34.2 Å². The van der Waals surface area contributed by atoms with E-state index in [2.05, 4.69) is 17.6 Å². The van der Waals surface area contributed by atoms with Gasteiger partial charge in [0.1, 0.15) is 5.00 Å². The molecule has 1 unspecified atom stereocenters. The third-order valence-electron chi connectivity index (χ3n) is 10.4. The molecule has 296 valence electrons. The van der Waals surface area contributed by atoms with Gasteiger partial charge in [0.15, 0.2) is 0 Å². The number of benzene rings is 3. The number of anilines is 2. The number of amides is 3. The summed E-state index contributed by atoms with van der Waals surface area (Å²) < 4.78 is 0. The lowest BCUT2D eigenvalue weighted by Crippen LogP contribution is -2.41. The molecule has 0 bridgehead atoms. The number of aliphatic carboxylic acids is 1. The molecule has 0 saturated heterocycles. The normalized spacial score (nSPS) is 13.0. The Hall–Kier alpha value is -5.29. The lowest BCUT2D eigenvalue weighted by atomic mass is 9.85. The summed E-state index contributed by atoms with van der Waals surface area (Å²) in [6.45, 7) is 8.01. The van der Waals surface area contributed by atoms with Gasteiger partial charge < -0.3 is 25.7 Å². The van der Waals surface area contributed by atoms with Gasteiger partial charge in [0.25, 0.3) is 11.8 Å². The van der Waals surface area contributed by atoms with Crippen molar-refractivity contribution in [1.29, 1.82) is 0 Å². The first-order chi connectivity index (χ1) is 26.8. The molecule has 4 aromatic rings. The Morgan fingerprint density at radius 3 is 2.07 bits per heavy atom. The van der Waals surface area contributed by atoms with Gasteiger partial charge in [0, 0.05) is 35.1 Å². The van der Waals surface area contributed by atoms with Gasteiger partial charge >= 0.3 is 11.9 Å². The molecule has 0 saturated carbocycles. The number of hydrogen-bond donors (Lipinski definition) is 4. The Balaban J connectivity index is 1.29. The Morgan fingerprint density at radius 1 is 0.786 bits per heavy atom. The van der Waals surface area contributed by atoms with Gasteiger partial charge in [-0.2, -0.15) is 0 Å². The van der Waals surface area contributed by atoms with E-state index in [1.54, 1.807) is 44.2 Å². The maximum absolute atomic E-state index is 13.9. The first-order valence-electron chi connectivity index (χ1n) is 19.6. The molecular formula is C45H53N3O7S. The van der Waals surface area contributed by atoms with Crippen LogP contribution in [0.5, 0.6) is 0 Å². The van der Waals surface area contributed by atoms with Crippen LogP contribution in [0.4, 0.5) is 10.7 Å².